The largest absolute Gasteiger partial charge is 0.395 e. The minimum Gasteiger partial charge on any atom is -0.395 e. The van der Waals surface area contributed by atoms with Crippen LogP contribution in [-0.2, 0) is 10.0 Å². The van der Waals surface area contributed by atoms with Gasteiger partial charge >= 0.3 is 0 Å². The van der Waals surface area contributed by atoms with Crippen molar-refractivity contribution >= 4 is 10.0 Å². The maximum absolute atomic E-state index is 11.0. The van der Waals surface area contributed by atoms with Crippen LogP contribution >= 0.6 is 0 Å². The van der Waals surface area contributed by atoms with E-state index < -0.39 is 10.0 Å². The fraction of sp³-hybridized carbons (Fsp3) is 1.00. The summed E-state index contributed by atoms with van der Waals surface area (Å²) in [6, 6.07) is 0. The molecule has 0 radical (unpaired) electrons. The Labute approximate surface area is 74.0 Å². The van der Waals surface area contributed by atoms with Gasteiger partial charge in [0.1, 0.15) is 0 Å². The molecule has 0 aromatic heterocycles. The second-order valence-electron chi connectivity index (χ2n) is 2.64. The molecule has 0 fully saturated rings. The number of rotatable bonds is 7. The first-order valence-electron chi connectivity index (χ1n) is 4.20. The van der Waals surface area contributed by atoms with E-state index in [4.69, 9.17) is 5.11 Å². The van der Waals surface area contributed by atoms with Gasteiger partial charge in [-0.05, 0) is 6.42 Å². The van der Waals surface area contributed by atoms with Gasteiger partial charge in [-0.1, -0.05) is 19.8 Å². The standard InChI is InChI=1S/C7H17NO3S/c1-2-3-4-7-12(10,11)8-5-6-9/h8-9H,2-7H2,1H3. The highest BCUT2D eigenvalue weighted by Crippen LogP contribution is 1.96. The van der Waals surface area contributed by atoms with Gasteiger partial charge in [0, 0.05) is 6.54 Å². The molecule has 0 aliphatic carbocycles. The molecule has 0 saturated carbocycles. The molecule has 0 spiro atoms. The lowest BCUT2D eigenvalue weighted by Gasteiger charge is -2.03. The van der Waals surface area contributed by atoms with E-state index in [2.05, 4.69) is 4.72 Å². The van der Waals surface area contributed by atoms with Crippen LogP contribution in [0.3, 0.4) is 0 Å². The highest BCUT2D eigenvalue weighted by molar-refractivity contribution is 7.89. The van der Waals surface area contributed by atoms with E-state index in [0.717, 1.165) is 12.8 Å². The maximum Gasteiger partial charge on any atom is 0.211 e. The van der Waals surface area contributed by atoms with Crippen LogP contribution in [0.1, 0.15) is 26.2 Å². The second kappa shape index (κ2) is 6.39. The number of aliphatic hydroxyl groups is 1. The van der Waals surface area contributed by atoms with Crippen molar-refractivity contribution in [1.29, 1.82) is 0 Å². The molecule has 0 rings (SSSR count). The molecule has 12 heavy (non-hydrogen) atoms. The summed E-state index contributed by atoms with van der Waals surface area (Å²) >= 11 is 0. The summed E-state index contributed by atoms with van der Waals surface area (Å²) in [6.45, 7) is 2.00. The third kappa shape index (κ3) is 6.57. The number of unbranched alkanes of at least 4 members (excludes halogenated alkanes) is 2. The first-order chi connectivity index (χ1) is 5.62. The van der Waals surface area contributed by atoms with E-state index in [0.29, 0.717) is 6.42 Å². The summed E-state index contributed by atoms with van der Waals surface area (Å²) in [6.07, 6.45) is 2.63. The summed E-state index contributed by atoms with van der Waals surface area (Å²) in [5.74, 6) is 0.167. The minimum absolute atomic E-state index is 0.120. The molecular formula is C7H17NO3S. The normalized spacial score (nSPS) is 11.8. The molecule has 0 aromatic rings. The molecule has 0 atom stereocenters. The Morgan fingerprint density at radius 2 is 2.00 bits per heavy atom. The van der Waals surface area contributed by atoms with Gasteiger partial charge in [0.15, 0.2) is 0 Å². The Kier molecular flexibility index (Phi) is 6.32. The average molecular weight is 195 g/mol. The van der Waals surface area contributed by atoms with Gasteiger partial charge in [-0.15, -0.1) is 0 Å². The number of sulfonamides is 1. The van der Waals surface area contributed by atoms with Crippen LogP contribution in [0.4, 0.5) is 0 Å². The third-order valence-electron chi connectivity index (χ3n) is 1.45. The second-order valence-corrected chi connectivity index (χ2v) is 4.57. The van der Waals surface area contributed by atoms with E-state index in [1.807, 2.05) is 6.92 Å². The lowest BCUT2D eigenvalue weighted by molar-refractivity contribution is 0.301. The Hall–Kier alpha value is -0.130. The predicted octanol–water partition coefficient (Wildman–Crippen LogP) is 0.0883. The topological polar surface area (TPSA) is 66.4 Å². The quantitative estimate of drug-likeness (QED) is 0.566. The lowest BCUT2D eigenvalue weighted by atomic mass is 10.3. The van der Waals surface area contributed by atoms with Crippen LogP contribution in [0.5, 0.6) is 0 Å². The predicted molar refractivity (Wildman–Crippen MR) is 48.4 cm³/mol. The van der Waals surface area contributed by atoms with Crippen molar-refractivity contribution in [3.05, 3.63) is 0 Å². The Morgan fingerprint density at radius 1 is 1.33 bits per heavy atom. The van der Waals surface area contributed by atoms with Gasteiger partial charge in [0.2, 0.25) is 10.0 Å². The van der Waals surface area contributed by atoms with Crippen molar-refractivity contribution in [3.63, 3.8) is 0 Å². The van der Waals surface area contributed by atoms with Crippen LogP contribution in [0.2, 0.25) is 0 Å². The monoisotopic (exact) mass is 195 g/mol. The highest BCUT2D eigenvalue weighted by Gasteiger charge is 2.07. The van der Waals surface area contributed by atoms with E-state index in [1.165, 1.54) is 0 Å². The van der Waals surface area contributed by atoms with Crippen molar-refractivity contribution in [1.82, 2.24) is 4.72 Å². The third-order valence-corrected chi connectivity index (χ3v) is 2.92. The summed E-state index contributed by atoms with van der Waals surface area (Å²) in [5, 5.41) is 8.37. The number of aliphatic hydroxyl groups excluding tert-OH is 1. The van der Waals surface area contributed by atoms with Crippen molar-refractivity contribution in [2.45, 2.75) is 26.2 Å². The Bertz CT molecular complexity index is 189. The van der Waals surface area contributed by atoms with Gasteiger partial charge in [-0.2, -0.15) is 0 Å². The molecule has 0 aliphatic rings. The van der Waals surface area contributed by atoms with E-state index in [9.17, 15) is 8.42 Å². The van der Waals surface area contributed by atoms with Crippen molar-refractivity contribution < 1.29 is 13.5 Å². The van der Waals surface area contributed by atoms with E-state index in [-0.39, 0.29) is 18.9 Å². The molecule has 0 heterocycles. The van der Waals surface area contributed by atoms with Gasteiger partial charge in [0.25, 0.3) is 0 Å². The molecule has 0 unspecified atom stereocenters. The molecule has 2 N–H and O–H groups in total. The average Bonchev–Trinajstić information content (AvgIpc) is 2.01. The molecule has 74 valence electrons. The molecule has 0 saturated heterocycles. The van der Waals surface area contributed by atoms with Crippen molar-refractivity contribution in [2.75, 3.05) is 18.9 Å². The fourth-order valence-corrected chi connectivity index (χ4v) is 1.95. The first-order valence-corrected chi connectivity index (χ1v) is 5.86. The van der Waals surface area contributed by atoms with E-state index in [1.54, 1.807) is 0 Å². The van der Waals surface area contributed by atoms with E-state index >= 15 is 0 Å². The number of hydrogen-bond donors (Lipinski definition) is 2. The van der Waals surface area contributed by atoms with Crippen LogP contribution in [0, 0.1) is 0 Å². The molecule has 5 heteroatoms. The number of nitrogens with one attached hydrogen (secondary N) is 1. The van der Waals surface area contributed by atoms with Crippen molar-refractivity contribution in [3.8, 4) is 0 Å². The van der Waals surface area contributed by atoms with Gasteiger partial charge in [0.05, 0.1) is 12.4 Å². The van der Waals surface area contributed by atoms with Crippen LogP contribution in [-0.4, -0.2) is 32.4 Å². The molecule has 0 aromatic carbocycles. The molecule has 0 bridgehead atoms. The highest BCUT2D eigenvalue weighted by atomic mass is 32.2. The summed E-state index contributed by atoms with van der Waals surface area (Å²) in [7, 11) is -3.13. The molecule has 4 nitrogen and oxygen atoms in total. The Balaban J connectivity index is 3.58. The van der Waals surface area contributed by atoms with Gasteiger partial charge < -0.3 is 5.11 Å². The number of hydrogen-bond acceptors (Lipinski definition) is 3. The first kappa shape index (κ1) is 11.9. The molecular weight excluding hydrogens is 178 g/mol. The van der Waals surface area contributed by atoms with Gasteiger partial charge in [-0.25, -0.2) is 13.1 Å². The lowest BCUT2D eigenvalue weighted by Crippen LogP contribution is -2.28. The minimum atomic E-state index is -3.13. The molecule has 0 aliphatic heterocycles. The summed E-state index contributed by atoms with van der Waals surface area (Å²) < 4.78 is 24.4. The van der Waals surface area contributed by atoms with Crippen LogP contribution in [0.25, 0.3) is 0 Å². The summed E-state index contributed by atoms with van der Waals surface area (Å²) in [5.41, 5.74) is 0. The smallest absolute Gasteiger partial charge is 0.211 e. The zero-order valence-electron chi connectivity index (χ0n) is 7.41. The zero-order valence-corrected chi connectivity index (χ0v) is 8.23. The van der Waals surface area contributed by atoms with Gasteiger partial charge in [-0.3, -0.25) is 0 Å². The van der Waals surface area contributed by atoms with Crippen LogP contribution in [0.15, 0.2) is 0 Å². The zero-order chi connectivity index (χ0) is 9.45. The Morgan fingerprint density at radius 3 is 2.50 bits per heavy atom. The molecule has 0 amide bonds. The van der Waals surface area contributed by atoms with Crippen LogP contribution < -0.4 is 4.72 Å². The SMILES string of the molecule is CCCCCS(=O)(=O)NCCO. The summed E-state index contributed by atoms with van der Waals surface area (Å²) in [4.78, 5) is 0. The maximum atomic E-state index is 11.0. The van der Waals surface area contributed by atoms with Crippen molar-refractivity contribution in [2.24, 2.45) is 0 Å². The fourth-order valence-electron chi connectivity index (χ4n) is 0.815.